The largest absolute Gasteiger partial charge is 0.508 e. The highest BCUT2D eigenvalue weighted by Gasteiger charge is 2.11. The number of fused-ring (bicyclic) bond motifs is 3. The molecule has 0 saturated heterocycles. The summed E-state index contributed by atoms with van der Waals surface area (Å²) < 4.78 is 3.39. The van der Waals surface area contributed by atoms with E-state index >= 15 is 0 Å². The van der Waals surface area contributed by atoms with Crippen molar-refractivity contribution in [1.82, 2.24) is 4.57 Å². The molecule has 3 heteroatoms. The molecule has 0 radical (unpaired) electrons. The fourth-order valence-electron chi connectivity index (χ4n) is 3.31. The van der Waals surface area contributed by atoms with Crippen molar-refractivity contribution in [2.24, 2.45) is 0 Å². The van der Waals surface area contributed by atoms with E-state index in [1.165, 1.54) is 42.1 Å². The molecule has 0 amide bonds. The summed E-state index contributed by atoms with van der Waals surface area (Å²) in [7, 11) is 6.74. The van der Waals surface area contributed by atoms with Crippen LogP contribution >= 0.6 is 0 Å². The smallest absolute Gasteiger partial charge is 0.117 e. The Morgan fingerprint density at radius 3 is 2.39 bits per heavy atom. The molecule has 122 valence electrons. The Hall–Kier alpha value is -2.00. The second-order valence-electron chi connectivity index (χ2n) is 7.44. The van der Waals surface area contributed by atoms with Gasteiger partial charge in [0.25, 0.3) is 0 Å². The molecule has 0 aliphatic carbocycles. The van der Waals surface area contributed by atoms with Gasteiger partial charge in [-0.15, -0.1) is 0 Å². The van der Waals surface area contributed by atoms with Crippen molar-refractivity contribution in [3.05, 3.63) is 42.5 Å². The van der Waals surface area contributed by atoms with E-state index in [9.17, 15) is 5.11 Å². The molecule has 1 heterocycles. The zero-order chi connectivity index (χ0) is 16.4. The Bertz CT molecular complexity index is 811. The predicted octanol–water partition coefficient (Wildman–Crippen LogP) is 4.38. The number of hydrogen-bond donors (Lipinski definition) is 1. The van der Waals surface area contributed by atoms with E-state index in [0.29, 0.717) is 5.75 Å². The van der Waals surface area contributed by atoms with E-state index in [1.54, 1.807) is 6.07 Å². The van der Waals surface area contributed by atoms with Crippen molar-refractivity contribution in [2.75, 3.05) is 27.7 Å². The standard InChI is InChI=1S/C20H26N2O/c1-22(2,3)14-8-4-7-13-21-19-10-6-5-9-17(19)18-12-11-16(23)15-20(18)21/h5-6,9-12,15H,4,7-8,13-14H2,1-3H3/p+1. The van der Waals surface area contributed by atoms with Crippen LogP contribution in [0.2, 0.25) is 0 Å². The highest BCUT2D eigenvalue weighted by Crippen LogP contribution is 2.31. The molecule has 0 aliphatic heterocycles. The van der Waals surface area contributed by atoms with Crippen molar-refractivity contribution in [2.45, 2.75) is 25.8 Å². The van der Waals surface area contributed by atoms with E-state index in [1.807, 2.05) is 12.1 Å². The van der Waals surface area contributed by atoms with Gasteiger partial charge >= 0.3 is 0 Å². The minimum atomic E-state index is 0.339. The number of aromatic nitrogens is 1. The van der Waals surface area contributed by atoms with Gasteiger partial charge in [0.05, 0.1) is 33.2 Å². The predicted molar refractivity (Wildman–Crippen MR) is 97.9 cm³/mol. The third-order valence-corrected chi connectivity index (χ3v) is 4.47. The fraction of sp³-hybridized carbons (Fsp3) is 0.400. The number of rotatable bonds is 6. The van der Waals surface area contributed by atoms with Gasteiger partial charge in [0.2, 0.25) is 0 Å². The Labute approximate surface area is 138 Å². The van der Waals surface area contributed by atoms with Crippen LogP contribution in [0.25, 0.3) is 21.8 Å². The van der Waals surface area contributed by atoms with E-state index in [0.717, 1.165) is 16.5 Å². The van der Waals surface area contributed by atoms with E-state index in [4.69, 9.17) is 0 Å². The normalized spacial score (nSPS) is 12.3. The van der Waals surface area contributed by atoms with Gasteiger partial charge in [-0.2, -0.15) is 0 Å². The molecule has 1 aromatic heterocycles. The molecule has 3 nitrogen and oxygen atoms in total. The number of quaternary nitrogens is 1. The van der Waals surface area contributed by atoms with Crippen LogP contribution in [-0.4, -0.2) is 41.8 Å². The lowest BCUT2D eigenvalue weighted by Crippen LogP contribution is -2.35. The minimum absolute atomic E-state index is 0.339. The topological polar surface area (TPSA) is 25.2 Å². The first-order chi connectivity index (χ1) is 11.0. The molecule has 2 aromatic carbocycles. The number of phenols is 1. The lowest BCUT2D eigenvalue weighted by atomic mass is 10.1. The zero-order valence-electron chi connectivity index (χ0n) is 14.4. The number of nitrogens with zero attached hydrogens (tertiary/aromatic N) is 2. The summed E-state index contributed by atoms with van der Waals surface area (Å²) in [6.45, 7) is 2.22. The first kappa shape index (κ1) is 15.9. The second kappa shape index (κ2) is 6.25. The van der Waals surface area contributed by atoms with Crippen molar-refractivity contribution in [3.8, 4) is 5.75 Å². The number of hydrogen-bond acceptors (Lipinski definition) is 1. The SMILES string of the molecule is C[N+](C)(C)CCCCCn1c2ccccc2c2ccc(O)cc21. The Morgan fingerprint density at radius 1 is 0.870 bits per heavy atom. The van der Waals surface area contributed by atoms with Gasteiger partial charge in [0.15, 0.2) is 0 Å². The van der Waals surface area contributed by atoms with Crippen LogP contribution in [0.15, 0.2) is 42.5 Å². The van der Waals surface area contributed by atoms with Crippen molar-refractivity contribution in [1.29, 1.82) is 0 Å². The van der Waals surface area contributed by atoms with Crippen LogP contribution < -0.4 is 0 Å². The second-order valence-corrected chi connectivity index (χ2v) is 7.44. The number of unbranched alkanes of at least 4 members (excludes halogenated alkanes) is 2. The maximum absolute atomic E-state index is 9.86. The molecule has 0 bridgehead atoms. The molecule has 3 rings (SSSR count). The summed E-state index contributed by atoms with van der Waals surface area (Å²) in [5.74, 6) is 0.339. The molecule has 0 spiro atoms. The molecule has 0 atom stereocenters. The molecule has 0 saturated carbocycles. The summed E-state index contributed by atoms with van der Waals surface area (Å²) in [6, 6.07) is 14.2. The van der Waals surface area contributed by atoms with Gasteiger partial charge in [-0.3, -0.25) is 0 Å². The van der Waals surface area contributed by atoms with Gasteiger partial charge in [-0.05, 0) is 37.5 Å². The number of aryl methyl sites for hydroxylation is 1. The van der Waals surface area contributed by atoms with Gasteiger partial charge < -0.3 is 14.2 Å². The molecule has 3 aromatic rings. The van der Waals surface area contributed by atoms with Crippen LogP contribution in [0.4, 0.5) is 0 Å². The number of phenolic OH excluding ortho intramolecular Hbond substituents is 1. The van der Waals surface area contributed by atoms with Crippen LogP contribution in [0.1, 0.15) is 19.3 Å². The van der Waals surface area contributed by atoms with Gasteiger partial charge in [-0.25, -0.2) is 0 Å². The van der Waals surface area contributed by atoms with Gasteiger partial charge in [-0.1, -0.05) is 18.2 Å². The van der Waals surface area contributed by atoms with Crippen molar-refractivity contribution < 1.29 is 9.59 Å². The minimum Gasteiger partial charge on any atom is -0.508 e. The van der Waals surface area contributed by atoms with Crippen molar-refractivity contribution >= 4 is 21.8 Å². The third kappa shape index (κ3) is 3.50. The maximum Gasteiger partial charge on any atom is 0.117 e. The molecular weight excluding hydrogens is 284 g/mol. The van der Waals surface area contributed by atoms with E-state index < -0.39 is 0 Å². The molecule has 0 aliphatic rings. The highest BCUT2D eigenvalue weighted by atomic mass is 16.3. The number of para-hydroxylation sites is 1. The van der Waals surface area contributed by atoms with Crippen molar-refractivity contribution in [3.63, 3.8) is 0 Å². The fourth-order valence-corrected chi connectivity index (χ4v) is 3.31. The van der Waals surface area contributed by atoms with Gasteiger partial charge in [0, 0.05) is 28.9 Å². The molecule has 0 unspecified atom stereocenters. The Kier molecular flexibility index (Phi) is 4.31. The molecule has 1 N–H and O–H groups in total. The van der Waals surface area contributed by atoms with E-state index in [-0.39, 0.29) is 0 Å². The van der Waals surface area contributed by atoms with Crippen LogP contribution in [0, 0.1) is 0 Å². The third-order valence-electron chi connectivity index (χ3n) is 4.47. The summed E-state index contributed by atoms with van der Waals surface area (Å²) >= 11 is 0. The molecule has 23 heavy (non-hydrogen) atoms. The molecule has 0 fully saturated rings. The number of aromatic hydroxyl groups is 1. The summed E-state index contributed by atoms with van der Waals surface area (Å²) in [5, 5.41) is 12.4. The number of benzene rings is 2. The first-order valence-corrected chi connectivity index (χ1v) is 8.46. The quantitative estimate of drug-likeness (QED) is 0.530. The average Bonchev–Trinajstić information content (AvgIpc) is 2.79. The lowest BCUT2D eigenvalue weighted by molar-refractivity contribution is -0.870. The Balaban J connectivity index is 1.82. The maximum atomic E-state index is 9.86. The summed E-state index contributed by atoms with van der Waals surface area (Å²) in [6.07, 6.45) is 3.66. The Morgan fingerprint density at radius 2 is 1.61 bits per heavy atom. The molecular formula is C20H27N2O+. The zero-order valence-corrected chi connectivity index (χ0v) is 14.4. The van der Waals surface area contributed by atoms with Crippen LogP contribution in [0.3, 0.4) is 0 Å². The van der Waals surface area contributed by atoms with Crippen LogP contribution in [0.5, 0.6) is 5.75 Å². The highest BCUT2D eigenvalue weighted by molar-refractivity contribution is 6.08. The summed E-state index contributed by atoms with van der Waals surface area (Å²) in [5.41, 5.74) is 2.40. The van der Waals surface area contributed by atoms with E-state index in [2.05, 4.69) is 50.0 Å². The van der Waals surface area contributed by atoms with Gasteiger partial charge in [0.1, 0.15) is 5.75 Å². The lowest BCUT2D eigenvalue weighted by Gasteiger charge is -2.23. The monoisotopic (exact) mass is 311 g/mol. The summed E-state index contributed by atoms with van der Waals surface area (Å²) in [4.78, 5) is 0. The first-order valence-electron chi connectivity index (χ1n) is 8.46. The average molecular weight is 311 g/mol. The van der Waals surface area contributed by atoms with Crippen LogP contribution in [-0.2, 0) is 6.54 Å².